The summed E-state index contributed by atoms with van der Waals surface area (Å²) in [4.78, 5) is 30.0. The fraction of sp³-hybridized carbons (Fsp3) is 0.227. The van der Waals surface area contributed by atoms with Crippen LogP contribution in [-0.2, 0) is 0 Å². The molecule has 1 aliphatic heterocycles. The van der Waals surface area contributed by atoms with Crippen molar-refractivity contribution in [2.75, 3.05) is 0 Å². The predicted molar refractivity (Wildman–Crippen MR) is 104 cm³/mol. The summed E-state index contributed by atoms with van der Waals surface area (Å²) in [5.74, 6) is 0.0536. The topological polar surface area (TPSA) is 67.3 Å². The molecule has 0 aromatic heterocycles. The first-order valence-corrected chi connectivity index (χ1v) is 8.88. The first-order chi connectivity index (χ1) is 12.5. The van der Waals surface area contributed by atoms with E-state index in [1.165, 1.54) is 0 Å². The third-order valence-corrected chi connectivity index (χ3v) is 5.05. The maximum absolute atomic E-state index is 13.0. The lowest BCUT2D eigenvalue weighted by Gasteiger charge is -2.09. The molecule has 0 amide bonds. The number of hydrogen-bond acceptors (Lipinski definition) is 4. The zero-order valence-electron chi connectivity index (χ0n) is 14.8. The van der Waals surface area contributed by atoms with Crippen LogP contribution in [0.25, 0.3) is 27.4 Å². The van der Waals surface area contributed by atoms with E-state index in [1.54, 1.807) is 12.1 Å². The summed E-state index contributed by atoms with van der Waals surface area (Å²) in [5, 5.41) is 14.0. The number of aliphatic hydroxyl groups is 1. The van der Waals surface area contributed by atoms with Crippen molar-refractivity contribution in [3.05, 3.63) is 78.2 Å². The summed E-state index contributed by atoms with van der Waals surface area (Å²) < 4.78 is 0. The smallest absolute Gasteiger partial charge is 0.281 e. The Morgan fingerprint density at radius 2 is 1.73 bits per heavy atom. The largest absolute Gasteiger partial charge is 0.511 e. The summed E-state index contributed by atoms with van der Waals surface area (Å²) in [5.41, 5.74) is 0.870. The van der Waals surface area contributed by atoms with Crippen LogP contribution in [0.2, 0.25) is 0 Å². The second kappa shape index (κ2) is 6.06. The quantitative estimate of drug-likeness (QED) is 0.619. The van der Waals surface area contributed by atoms with Gasteiger partial charge in [-0.15, -0.1) is 0 Å². The number of benzene rings is 2. The second-order valence-electron chi connectivity index (χ2n) is 6.75. The molecule has 0 unspecified atom stereocenters. The fourth-order valence-corrected chi connectivity index (χ4v) is 3.72. The fourth-order valence-electron chi connectivity index (χ4n) is 3.72. The van der Waals surface area contributed by atoms with E-state index in [1.807, 2.05) is 38.1 Å². The molecule has 4 nitrogen and oxygen atoms in total. The first-order valence-electron chi connectivity index (χ1n) is 8.88. The highest BCUT2D eigenvalue weighted by Gasteiger charge is 2.15. The van der Waals surface area contributed by atoms with Gasteiger partial charge in [0, 0.05) is 27.6 Å². The number of rotatable bonds is 3. The van der Waals surface area contributed by atoms with Gasteiger partial charge in [-0.25, -0.2) is 4.98 Å². The summed E-state index contributed by atoms with van der Waals surface area (Å²) in [6, 6.07) is 10.9. The van der Waals surface area contributed by atoms with E-state index in [4.69, 9.17) is 0 Å². The normalized spacial score (nSPS) is 13.0. The van der Waals surface area contributed by atoms with Crippen molar-refractivity contribution in [1.29, 1.82) is 0 Å². The van der Waals surface area contributed by atoms with Crippen molar-refractivity contribution < 1.29 is 5.11 Å². The average Bonchev–Trinajstić information content (AvgIpc) is 2.65. The zero-order chi connectivity index (χ0) is 18.4. The minimum absolute atomic E-state index is 0.0536. The van der Waals surface area contributed by atoms with Crippen LogP contribution in [0.3, 0.4) is 0 Å². The predicted octanol–water partition coefficient (Wildman–Crippen LogP) is 3.15. The molecule has 4 rings (SSSR count). The summed E-state index contributed by atoms with van der Waals surface area (Å²) in [6.45, 7) is 3.91. The molecule has 0 radical (unpaired) electrons. The molecule has 0 bridgehead atoms. The molecule has 2 aliphatic rings. The molecule has 1 N–H and O–H groups in total. The molecular formula is C22H19NO3. The van der Waals surface area contributed by atoms with Gasteiger partial charge in [-0.2, -0.15) is 0 Å². The highest BCUT2D eigenvalue weighted by molar-refractivity contribution is 5.90. The number of fused-ring (bicyclic) bond motifs is 2. The monoisotopic (exact) mass is 345 g/mol. The molecule has 4 heteroatoms. The van der Waals surface area contributed by atoms with Crippen LogP contribution in [0.4, 0.5) is 0 Å². The Hall–Kier alpha value is -3.01. The van der Waals surface area contributed by atoms with E-state index in [2.05, 4.69) is 4.98 Å². The van der Waals surface area contributed by atoms with Crippen LogP contribution in [-0.4, -0.2) is 10.1 Å². The van der Waals surface area contributed by atoms with Gasteiger partial charge in [0.1, 0.15) is 5.76 Å². The SMILES string of the molecule is CCCC/C(O)=c1\c(=O)nc2c(C)ccc3c2=c1c1ccccc1c3=O. The van der Waals surface area contributed by atoms with Gasteiger partial charge in [-0.3, -0.25) is 9.59 Å². The summed E-state index contributed by atoms with van der Waals surface area (Å²) in [6.07, 6.45) is 2.11. The lowest BCUT2D eigenvalue weighted by Crippen LogP contribution is -2.32. The van der Waals surface area contributed by atoms with Crippen molar-refractivity contribution in [3.63, 3.8) is 0 Å². The molecule has 0 atom stereocenters. The molecule has 2 aromatic rings. The van der Waals surface area contributed by atoms with E-state index in [0.717, 1.165) is 18.4 Å². The number of unbranched alkanes of at least 4 members (excludes halogenated alkanes) is 1. The Balaban J connectivity index is 2.48. The van der Waals surface area contributed by atoms with Gasteiger partial charge >= 0.3 is 0 Å². The molecule has 0 spiro atoms. The molecule has 1 heterocycles. The van der Waals surface area contributed by atoms with E-state index in [9.17, 15) is 14.7 Å². The Morgan fingerprint density at radius 3 is 2.46 bits per heavy atom. The van der Waals surface area contributed by atoms with E-state index in [0.29, 0.717) is 38.5 Å². The van der Waals surface area contributed by atoms with Crippen LogP contribution in [0, 0.1) is 17.4 Å². The van der Waals surface area contributed by atoms with Crippen LogP contribution in [0.5, 0.6) is 0 Å². The minimum Gasteiger partial charge on any atom is -0.511 e. The van der Waals surface area contributed by atoms with Gasteiger partial charge < -0.3 is 5.11 Å². The standard InChI is InChI=1S/C22H19NO3/c1-3-4-9-16(24)19-17-13-7-5-6-8-14(13)21(25)15-11-10-12(2)20(18(15)17)23-22(19)26/h5-8,10-11,24H,3-4,9H2,1-2H3/b19-16+. The molecule has 0 saturated heterocycles. The van der Waals surface area contributed by atoms with Gasteiger partial charge in [-0.1, -0.05) is 43.7 Å². The van der Waals surface area contributed by atoms with Gasteiger partial charge in [0.25, 0.3) is 5.56 Å². The molecule has 2 aromatic carbocycles. The Morgan fingerprint density at radius 1 is 1.00 bits per heavy atom. The maximum atomic E-state index is 13.0. The number of aryl methyl sites for hydroxylation is 1. The third kappa shape index (κ3) is 2.25. The van der Waals surface area contributed by atoms with Crippen LogP contribution in [0.15, 0.2) is 46.0 Å². The van der Waals surface area contributed by atoms with Gasteiger partial charge in [0.2, 0.25) is 0 Å². The molecule has 26 heavy (non-hydrogen) atoms. The van der Waals surface area contributed by atoms with E-state index in [-0.39, 0.29) is 16.4 Å². The lowest BCUT2D eigenvalue weighted by molar-refractivity contribution is 0.471. The second-order valence-corrected chi connectivity index (χ2v) is 6.75. The number of aliphatic hydroxyl groups excluding tert-OH is 1. The van der Waals surface area contributed by atoms with Crippen LogP contribution < -0.4 is 16.2 Å². The number of aromatic nitrogens is 1. The van der Waals surface area contributed by atoms with Crippen LogP contribution >= 0.6 is 0 Å². The van der Waals surface area contributed by atoms with Gasteiger partial charge in [0.05, 0.1) is 10.7 Å². The molecule has 130 valence electrons. The number of nitrogens with zero attached hydrogens (tertiary/aromatic N) is 1. The van der Waals surface area contributed by atoms with Crippen molar-refractivity contribution in [1.82, 2.24) is 4.98 Å². The Labute approximate surface area is 149 Å². The summed E-state index contributed by atoms with van der Waals surface area (Å²) >= 11 is 0. The third-order valence-electron chi connectivity index (χ3n) is 5.05. The van der Waals surface area contributed by atoms with Crippen LogP contribution in [0.1, 0.15) is 31.7 Å². The first kappa shape index (κ1) is 16.5. The van der Waals surface area contributed by atoms with Gasteiger partial charge in [-0.05, 0) is 30.4 Å². The Bertz CT molecular complexity index is 1380. The highest BCUT2D eigenvalue weighted by atomic mass is 16.3. The van der Waals surface area contributed by atoms with Gasteiger partial charge in [0.15, 0.2) is 5.43 Å². The minimum atomic E-state index is -0.439. The highest BCUT2D eigenvalue weighted by Crippen LogP contribution is 2.20. The van der Waals surface area contributed by atoms with E-state index < -0.39 is 5.56 Å². The Kier molecular flexibility index (Phi) is 3.83. The van der Waals surface area contributed by atoms with Crippen molar-refractivity contribution in [2.45, 2.75) is 33.1 Å². The average molecular weight is 345 g/mol. The maximum Gasteiger partial charge on any atom is 0.281 e. The molecule has 0 saturated carbocycles. The lowest BCUT2D eigenvalue weighted by atomic mass is 9.96. The van der Waals surface area contributed by atoms with Crippen molar-refractivity contribution in [2.24, 2.45) is 0 Å². The van der Waals surface area contributed by atoms with Crippen molar-refractivity contribution >= 4 is 27.4 Å². The zero-order valence-corrected chi connectivity index (χ0v) is 14.8. The summed E-state index contributed by atoms with van der Waals surface area (Å²) in [7, 11) is 0. The number of hydrogen-bond donors (Lipinski definition) is 1. The molecule has 0 fully saturated rings. The van der Waals surface area contributed by atoms with Crippen molar-refractivity contribution in [3.8, 4) is 0 Å². The molecule has 1 aliphatic carbocycles. The van der Waals surface area contributed by atoms with E-state index >= 15 is 0 Å². The molecular weight excluding hydrogens is 326 g/mol.